The maximum absolute atomic E-state index is 11.9. The normalized spacial score (nSPS) is 21.2. The maximum atomic E-state index is 11.9. The molecule has 0 radical (unpaired) electrons. The summed E-state index contributed by atoms with van der Waals surface area (Å²) in [6, 6.07) is 8.19. The molecule has 1 atom stereocenters. The number of carbonyl (C=O) groups is 2. The summed E-state index contributed by atoms with van der Waals surface area (Å²) in [6.07, 6.45) is 1.02. The lowest BCUT2D eigenvalue weighted by Gasteiger charge is -2.36. The Morgan fingerprint density at radius 1 is 1.04 bits per heavy atom. The molecular weight excluding hydrogens is 363 g/mol. The lowest BCUT2D eigenvalue weighted by atomic mass is 9.90. The molecule has 1 aromatic carbocycles. The van der Waals surface area contributed by atoms with E-state index in [0.717, 1.165) is 38.3 Å². The van der Waals surface area contributed by atoms with Crippen molar-refractivity contribution in [2.24, 2.45) is 5.73 Å². The lowest BCUT2D eigenvalue weighted by molar-refractivity contribution is -0.134. The van der Waals surface area contributed by atoms with E-state index in [9.17, 15) is 9.59 Å². The van der Waals surface area contributed by atoms with Gasteiger partial charge in [-0.2, -0.15) is 0 Å². The molecule has 2 aliphatic heterocycles. The van der Waals surface area contributed by atoms with Gasteiger partial charge in [0.25, 0.3) is 0 Å². The van der Waals surface area contributed by atoms with Crippen LogP contribution in [0.15, 0.2) is 24.3 Å². The van der Waals surface area contributed by atoms with Crippen LogP contribution in [0.25, 0.3) is 0 Å². The minimum atomic E-state index is -0.205. The van der Waals surface area contributed by atoms with E-state index in [2.05, 4.69) is 27.2 Å². The number of anilines is 1. The Morgan fingerprint density at radius 2 is 1.68 bits per heavy atom. The molecule has 0 aliphatic carbocycles. The number of rotatable bonds is 4. The van der Waals surface area contributed by atoms with Crippen LogP contribution in [0, 0.1) is 0 Å². The van der Waals surface area contributed by atoms with Gasteiger partial charge in [-0.15, -0.1) is 24.8 Å². The molecule has 0 bridgehead atoms. The van der Waals surface area contributed by atoms with E-state index in [1.165, 1.54) is 5.69 Å². The Kier molecular flexibility index (Phi) is 8.65. The zero-order valence-corrected chi connectivity index (χ0v) is 15.8. The minimum Gasteiger partial charge on any atom is -0.369 e. The Hall–Kier alpha value is -1.34. The molecule has 2 fully saturated rings. The van der Waals surface area contributed by atoms with E-state index in [-0.39, 0.29) is 42.5 Å². The van der Waals surface area contributed by atoms with Gasteiger partial charge in [-0.25, -0.2) is 0 Å². The fourth-order valence-electron chi connectivity index (χ4n) is 3.34. The van der Waals surface area contributed by atoms with Crippen molar-refractivity contribution in [3.63, 3.8) is 0 Å². The van der Waals surface area contributed by atoms with Gasteiger partial charge < -0.3 is 10.6 Å². The first-order chi connectivity index (χ1) is 11.2. The molecule has 2 amide bonds. The molecule has 25 heavy (non-hydrogen) atoms. The standard InChI is InChI=1S/C17H24N4O2.2ClH/c18-7-8-20-9-11-21(12-10-20)14-3-1-13(2-4-14)15-5-6-16(22)19-17(15)23;;/h1-4,15H,5-12,18H2,(H,19,22,23);2*1H. The van der Waals surface area contributed by atoms with Crippen LogP contribution in [-0.4, -0.2) is 56.0 Å². The van der Waals surface area contributed by atoms with Crippen LogP contribution >= 0.6 is 24.8 Å². The summed E-state index contributed by atoms with van der Waals surface area (Å²) < 4.78 is 0. The third kappa shape index (κ3) is 5.31. The quantitative estimate of drug-likeness (QED) is 0.755. The molecule has 2 saturated heterocycles. The van der Waals surface area contributed by atoms with Crippen molar-refractivity contribution < 1.29 is 9.59 Å². The van der Waals surface area contributed by atoms with Crippen LogP contribution in [0.4, 0.5) is 5.69 Å². The smallest absolute Gasteiger partial charge is 0.234 e. The fourth-order valence-corrected chi connectivity index (χ4v) is 3.34. The van der Waals surface area contributed by atoms with Gasteiger partial charge in [-0.3, -0.25) is 19.8 Å². The molecule has 1 unspecified atom stereocenters. The first-order valence-electron chi connectivity index (χ1n) is 8.28. The van der Waals surface area contributed by atoms with Crippen molar-refractivity contribution in [2.75, 3.05) is 44.2 Å². The minimum absolute atomic E-state index is 0. The van der Waals surface area contributed by atoms with E-state index >= 15 is 0 Å². The molecule has 2 heterocycles. The second-order valence-corrected chi connectivity index (χ2v) is 6.21. The van der Waals surface area contributed by atoms with Crippen molar-refractivity contribution in [1.82, 2.24) is 10.2 Å². The highest BCUT2D eigenvalue weighted by Gasteiger charge is 2.28. The summed E-state index contributed by atoms with van der Waals surface area (Å²) >= 11 is 0. The Labute approximate surface area is 160 Å². The van der Waals surface area contributed by atoms with Crippen LogP contribution in [-0.2, 0) is 9.59 Å². The van der Waals surface area contributed by atoms with Crippen LogP contribution in [0.1, 0.15) is 24.3 Å². The van der Waals surface area contributed by atoms with Crippen LogP contribution in [0.5, 0.6) is 0 Å². The van der Waals surface area contributed by atoms with Gasteiger partial charge in [0.1, 0.15) is 0 Å². The van der Waals surface area contributed by atoms with E-state index in [0.29, 0.717) is 19.4 Å². The van der Waals surface area contributed by atoms with Crippen molar-refractivity contribution in [2.45, 2.75) is 18.8 Å². The van der Waals surface area contributed by atoms with Gasteiger partial charge in [0, 0.05) is 51.4 Å². The lowest BCUT2D eigenvalue weighted by Crippen LogP contribution is -2.47. The molecule has 6 nitrogen and oxygen atoms in total. The van der Waals surface area contributed by atoms with Crippen LogP contribution < -0.4 is 16.0 Å². The van der Waals surface area contributed by atoms with Crippen LogP contribution in [0.2, 0.25) is 0 Å². The largest absolute Gasteiger partial charge is 0.369 e. The van der Waals surface area contributed by atoms with Crippen molar-refractivity contribution >= 4 is 42.3 Å². The number of carbonyl (C=O) groups excluding carboxylic acids is 2. The summed E-state index contributed by atoms with van der Waals surface area (Å²) in [5.41, 5.74) is 7.78. The van der Waals surface area contributed by atoms with Crippen molar-refractivity contribution in [3.05, 3.63) is 29.8 Å². The van der Waals surface area contributed by atoms with E-state index in [4.69, 9.17) is 5.73 Å². The second kappa shape index (κ2) is 9.97. The van der Waals surface area contributed by atoms with Gasteiger partial charge in [0.2, 0.25) is 11.8 Å². The second-order valence-electron chi connectivity index (χ2n) is 6.21. The Morgan fingerprint density at radius 3 is 2.24 bits per heavy atom. The van der Waals surface area contributed by atoms with Gasteiger partial charge in [-0.05, 0) is 24.1 Å². The van der Waals surface area contributed by atoms with Gasteiger partial charge in [0.05, 0.1) is 5.92 Å². The Bertz CT molecular complexity index is 575. The van der Waals surface area contributed by atoms with Crippen molar-refractivity contribution in [1.29, 1.82) is 0 Å². The first-order valence-corrected chi connectivity index (χ1v) is 8.28. The van der Waals surface area contributed by atoms with Crippen LogP contribution in [0.3, 0.4) is 0 Å². The number of benzene rings is 1. The third-order valence-corrected chi connectivity index (χ3v) is 4.72. The highest BCUT2D eigenvalue weighted by molar-refractivity contribution is 6.00. The van der Waals surface area contributed by atoms with Crippen molar-refractivity contribution in [3.8, 4) is 0 Å². The maximum Gasteiger partial charge on any atom is 0.234 e. The molecule has 1 aromatic rings. The topological polar surface area (TPSA) is 78.7 Å². The molecule has 140 valence electrons. The molecule has 3 rings (SSSR count). The highest BCUT2D eigenvalue weighted by Crippen LogP contribution is 2.27. The molecule has 0 spiro atoms. The summed E-state index contributed by atoms with van der Waals surface area (Å²) in [6.45, 7) is 5.73. The number of nitrogens with zero attached hydrogens (tertiary/aromatic N) is 2. The van der Waals surface area contributed by atoms with E-state index in [1.807, 2.05) is 12.1 Å². The summed E-state index contributed by atoms with van der Waals surface area (Å²) in [5.74, 6) is -0.550. The van der Waals surface area contributed by atoms with Gasteiger partial charge in [0.15, 0.2) is 0 Å². The average molecular weight is 389 g/mol. The molecule has 8 heteroatoms. The average Bonchev–Trinajstić information content (AvgIpc) is 2.56. The number of piperidine rings is 1. The first kappa shape index (κ1) is 21.7. The molecule has 2 aliphatic rings. The highest BCUT2D eigenvalue weighted by atomic mass is 35.5. The predicted octanol–water partition coefficient (Wildman–Crippen LogP) is 1.13. The fraction of sp³-hybridized carbons (Fsp3) is 0.529. The number of imide groups is 1. The monoisotopic (exact) mass is 388 g/mol. The van der Waals surface area contributed by atoms with E-state index < -0.39 is 0 Å². The molecule has 3 N–H and O–H groups in total. The van der Waals surface area contributed by atoms with Gasteiger partial charge in [-0.1, -0.05) is 12.1 Å². The summed E-state index contributed by atoms with van der Waals surface area (Å²) in [5, 5.41) is 2.42. The number of nitrogens with two attached hydrogens (primary N) is 1. The summed E-state index contributed by atoms with van der Waals surface area (Å²) in [7, 11) is 0. The predicted molar refractivity (Wildman–Crippen MR) is 104 cm³/mol. The van der Waals surface area contributed by atoms with Gasteiger partial charge >= 0.3 is 0 Å². The summed E-state index contributed by atoms with van der Waals surface area (Å²) in [4.78, 5) is 27.9. The number of nitrogens with one attached hydrogen (secondary N) is 1. The SMILES string of the molecule is Cl.Cl.NCCN1CCN(c2ccc(C3CCC(=O)NC3=O)cc2)CC1. The number of hydrogen-bond acceptors (Lipinski definition) is 5. The number of halogens is 2. The zero-order valence-electron chi connectivity index (χ0n) is 14.1. The molecular formula is C17H26Cl2N4O2. The number of amides is 2. The molecule has 0 aromatic heterocycles. The Balaban J connectivity index is 0.00000156. The number of hydrogen-bond donors (Lipinski definition) is 2. The molecule has 0 saturated carbocycles. The third-order valence-electron chi connectivity index (χ3n) is 4.72. The zero-order chi connectivity index (χ0) is 16.2. The van der Waals surface area contributed by atoms with E-state index in [1.54, 1.807) is 0 Å². The number of piperazine rings is 1.